The van der Waals surface area contributed by atoms with E-state index in [1.807, 2.05) is 0 Å². The zero-order valence-corrected chi connectivity index (χ0v) is 11.7. The molecule has 0 amide bonds. The van der Waals surface area contributed by atoms with E-state index in [1.54, 1.807) is 0 Å². The highest BCUT2D eigenvalue weighted by Gasteiger charge is 2.41. The van der Waals surface area contributed by atoms with Crippen molar-refractivity contribution in [3.8, 4) is 0 Å². The standard InChI is InChI=1S/C15H26O3/c1-3-12(4-2)14(16)13-5-8-18-15(11-13)6-9-17-10-7-15/h12-13H,3-11H2,1-2H3. The van der Waals surface area contributed by atoms with Crippen LogP contribution in [0.4, 0.5) is 0 Å². The van der Waals surface area contributed by atoms with E-state index in [1.165, 1.54) is 0 Å². The van der Waals surface area contributed by atoms with Crippen LogP contribution in [-0.2, 0) is 14.3 Å². The van der Waals surface area contributed by atoms with Gasteiger partial charge in [0.15, 0.2) is 0 Å². The molecule has 2 fully saturated rings. The van der Waals surface area contributed by atoms with Gasteiger partial charge in [0.2, 0.25) is 0 Å². The molecule has 3 heteroatoms. The van der Waals surface area contributed by atoms with Gasteiger partial charge in [0.05, 0.1) is 5.60 Å². The summed E-state index contributed by atoms with van der Waals surface area (Å²) < 4.78 is 11.4. The maximum absolute atomic E-state index is 12.5. The normalized spacial score (nSPS) is 27.6. The van der Waals surface area contributed by atoms with E-state index in [9.17, 15) is 4.79 Å². The Hall–Kier alpha value is -0.410. The molecule has 2 rings (SSSR count). The van der Waals surface area contributed by atoms with Crippen LogP contribution in [0.2, 0.25) is 0 Å². The Balaban J connectivity index is 1.99. The lowest BCUT2D eigenvalue weighted by Gasteiger charge is -2.43. The van der Waals surface area contributed by atoms with Crippen molar-refractivity contribution >= 4 is 5.78 Å². The highest BCUT2D eigenvalue weighted by molar-refractivity contribution is 5.83. The van der Waals surface area contributed by atoms with E-state index in [0.29, 0.717) is 5.78 Å². The Bertz CT molecular complexity index is 272. The maximum atomic E-state index is 12.5. The molecule has 2 aliphatic rings. The number of ketones is 1. The smallest absolute Gasteiger partial charge is 0.139 e. The van der Waals surface area contributed by atoms with E-state index in [-0.39, 0.29) is 17.4 Å². The van der Waals surface area contributed by atoms with Crippen LogP contribution < -0.4 is 0 Å². The van der Waals surface area contributed by atoms with Crippen LogP contribution in [0.5, 0.6) is 0 Å². The summed E-state index contributed by atoms with van der Waals surface area (Å²) in [6.45, 7) is 6.56. The second kappa shape index (κ2) is 6.16. The minimum atomic E-state index is -0.0527. The quantitative estimate of drug-likeness (QED) is 0.773. The molecule has 0 radical (unpaired) electrons. The number of carbonyl (C=O) groups is 1. The van der Waals surface area contributed by atoms with Gasteiger partial charge >= 0.3 is 0 Å². The molecule has 0 saturated carbocycles. The Morgan fingerprint density at radius 2 is 1.89 bits per heavy atom. The van der Waals surface area contributed by atoms with Gasteiger partial charge in [-0.05, 0) is 38.5 Å². The van der Waals surface area contributed by atoms with Crippen molar-refractivity contribution in [1.29, 1.82) is 0 Å². The van der Waals surface area contributed by atoms with E-state index < -0.39 is 0 Å². The van der Waals surface area contributed by atoms with E-state index in [4.69, 9.17) is 9.47 Å². The molecule has 1 unspecified atom stereocenters. The molecule has 18 heavy (non-hydrogen) atoms. The molecule has 0 aliphatic carbocycles. The maximum Gasteiger partial charge on any atom is 0.139 e. The van der Waals surface area contributed by atoms with Crippen LogP contribution in [0, 0.1) is 11.8 Å². The molecule has 0 aromatic heterocycles. The third-order valence-electron chi connectivity index (χ3n) is 4.69. The van der Waals surface area contributed by atoms with Crippen molar-refractivity contribution in [2.45, 2.75) is 58.0 Å². The van der Waals surface area contributed by atoms with Gasteiger partial charge in [0.1, 0.15) is 5.78 Å². The summed E-state index contributed by atoms with van der Waals surface area (Å²) >= 11 is 0. The number of hydrogen-bond acceptors (Lipinski definition) is 3. The van der Waals surface area contributed by atoms with Gasteiger partial charge in [0, 0.05) is 31.7 Å². The van der Waals surface area contributed by atoms with Gasteiger partial charge in [-0.15, -0.1) is 0 Å². The minimum Gasteiger partial charge on any atom is -0.381 e. The highest BCUT2D eigenvalue weighted by Crippen LogP contribution is 2.38. The summed E-state index contributed by atoms with van der Waals surface area (Å²) in [5.41, 5.74) is -0.0527. The molecular weight excluding hydrogens is 228 g/mol. The first-order valence-electron chi connectivity index (χ1n) is 7.46. The van der Waals surface area contributed by atoms with Crippen LogP contribution in [0.25, 0.3) is 0 Å². The monoisotopic (exact) mass is 254 g/mol. The predicted molar refractivity (Wildman–Crippen MR) is 70.5 cm³/mol. The molecular formula is C15H26O3. The predicted octanol–water partition coefficient (Wildman–Crippen LogP) is 2.97. The molecule has 1 atom stereocenters. The third kappa shape index (κ3) is 2.94. The Morgan fingerprint density at radius 1 is 1.22 bits per heavy atom. The molecule has 2 aliphatic heterocycles. The van der Waals surface area contributed by atoms with Crippen LogP contribution in [0.3, 0.4) is 0 Å². The van der Waals surface area contributed by atoms with Crippen LogP contribution in [0.15, 0.2) is 0 Å². The second-order valence-corrected chi connectivity index (χ2v) is 5.75. The molecule has 0 bridgehead atoms. The van der Waals surface area contributed by atoms with Gasteiger partial charge < -0.3 is 9.47 Å². The summed E-state index contributed by atoms with van der Waals surface area (Å²) in [5.74, 6) is 0.959. The highest BCUT2D eigenvalue weighted by atomic mass is 16.5. The van der Waals surface area contributed by atoms with Crippen molar-refractivity contribution in [3.05, 3.63) is 0 Å². The topological polar surface area (TPSA) is 35.5 Å². The Kier molecular flexibility index (Phi) is 4.79. The lowest BCUT2D eigenvalue weighted by Crippen LogP contribution is -2.46. The first-order chi connectivity index (χ1) is 8.71. The average molecular weight is 254 g/mol. The summed E-state index contributed by atoms with van der Waals surface area (Å²) in [6.07, 6.45) is 5.70. The van der Waals surface area contributed by atoms with Gasteiger partial charge in [0.25, 0.3) is 0 Å². The number of rotatable bonds is 4. The first-order valence-corrected chi connectivity index (χ1v) is 7.46. The minimum absolute atomic E-state index is 0.0527. The molecule has 1 spiro atoms. The number of hydrogen-bond donors (Lipinski definition) is 0. The number of Topliss-reactive ketones (excluding diaryl/α,β-unsaturated/α-hetero) is 1. The second-order valence-electron chi connectivity index (χ2n) is 5.75. The van der Waals surface area contributed by atoms with Crippen molar-refractivity contribution in [2.75, 3.05) is 19.8 Å². The van der Waals surface area contributed by atoms with Gasteiger partial charge in [-0.1, -0.05) is 13.8 Å². The van der Waals surface area contributed by atoms with Crippen LogP contribution in [-0.4, -0.2) is 31.2 Å². The van der Waals surface area contributed by atoms with E-state index >= 15 is 0 Å². The lowest BCUT2D eigenvalue weighted by molar-refractivity contribution is -0.159. The molecule has 2 heterocycles. The summed E-state index contributed by atoms with van der Waals surface area (Å²) in [6, 6.07) is 0. The van der Waals surface area contributed by atoms with Gasteiger partial charge in [-0.3, -0.25) is 4.79 Å². The number of ether oxygens (including phenoxy) is 2. The average Bonchev–Trinajstić information content (AvgIpc) is 2.41. The van der Waals surface area contributed by atoms with Crippen molar-refractivity contribution in [2.24, 2.45) is 11.8 Å². The lowest BCUT2D eigenvalue weighted by atomic mass is 9.76. The fourth-order valence-corrected chi connectivity index (χ4v) is 3.39. The molecule has 104 valence electrons. The van der Waals surface area contributed by atoms with Crippen LogP contribution in [0.1, 0.15) is 52.4 Å². The molecule has 2 saturated heterocycles. The molecule has 0 N–H and O–H groups in total. The first kappa shape index (κ1) is 14.0. The SMILES string of the molecule is CCC(CC)C(=O)C1CCOC2(CCOCC2)C1. The van der Waals surface area contributed by atoms with E-state index in [2.05, 4.69) is 13.8 Å². The molecule has 0 aromatic rings. The summed E-state index contributed by atoms with van der Waals surface area (Å²) in [5, 5.41) is 0. The van der Waals surface area contributed by atoms with Crippen molar-refractivity contribution in [3.63, 3.8) is 0 Å². The van der Waals surface area contributed by atoms with Gasteiger partial charge in [-0.25, -0.2) is 0 Å². The third-order valence-corrected chi connectivity index (χ3v) is 4.69. The fraction of sp³-hybridized carbons (Fsp3) is 0.933. The zero-order valence-electron chi connectivity index (χ0n) is 11.7. The Morgan fingerprint density at radius 3 is 2.50 bits per heavy atom. The summed E-state index contributed by atoms with van der Waals surface area (Å²) in [4.78, 5) is 12.5. The van der Waals surface area contributed by atoms with Crippen LogP contribution >= 0.6 is 0 Å². The zero-order chi connectivity index (χ0) is 13.0. The Labute approximate surface area is 110 Å². The van der Waals surface area contributed by atoms with E-state index in [0.717, 1.165) is 58.3 Å². The molecule has 0 aromatic carbocycles. The summed E-state index contributed by atoms with van der Waals surface area (Å²) in [7, 11) is 0. The number of carbonyl (C=O) groups excluding carboxylic acids is 1. The van der Waals surface area contributed by atoms with Gasteiger partial charge in [-0.2, -0.15) is 0 Å². The van der Waals surface area contributed by atoms with Crippen molar-refractivity contribution in [1.82, 2.24) is 0 Å². The van der Waals surface area contributed by atoms with Crippen molar-refractivity contribution < 1.29 is 14.3 Å². The fourth-order valence-electron chi connectivity index (χ4n) is 3.39. The largest absolute Gasteiger partial charge is 0.381 e. The molecule has 3 nitrogen and oxygen atoms in total.